The Morgan fingerprint density at radius 1 is 1.00 bits per heavy atom. The number of hydrogen-bond donors (Lipinski definition) is 1. The summed E-state index contributed by atoms with van der Waals surface area (Å²) in [5.74, 6) is -0.710. The van der Waals surface area contributed by atoms with Gasteiger partial charge < -0.3 is 9.66 Å². The van der Waals surface area contributed by atoms with E-state index in [0.29, 0.717) is 16.5 Å². The fourth-order valence-corrected chi connectivity index (χ4v) is 2.73. The second-order valence-electron chi connectivity index (χ2n) is 4.91. The van der Waals surface area contributed by atoms with Gasteiger partial charge >= 0.3 is 69.7 Å². The van der Waals surface area contributed by atoms with Crippen molar-refractivity contribution in [1.82, 2.24) is 0 Å². The molecule has 0 aliphatic heterocycles. The number of rotatable bonds is 3. The molecule has 13 heteroatoms. The average molecular weight is 452 g/mol. The summed E-state index contributed by atoms with van der Waals surface area (Å²) in [5, 5.41) is 18.9. The van der Waals surface area contributed by atoms with E-state index in [1.807, 2.05) is 6.07 Å². The molecule has 0 unspecified atom stereocenters. The van der Waals surface area contributed by atoms with Crippen LogP contribution in [0.4, 0.5) is 11.4 Å². The second-order valence-corrected chi connectivity index (χ2v) is 6.67. The van der Waals surface area contributed by atoms with Crippen LogP contribution in [0.5, 0.6) is 5.75 Å². The van der Waals surface area contributed by atoms with E-state index in [-0.39, 0.29) is 64.8 Å². The number of phenols is 1. The molecule has 3 aromatic rings. The van der Waals surface area contributed by atoms with Crippen molar-refractivity contribution in [3.05, 3.63) is 60.7 Å². The summed E-state index contributed by atoms with van der Waals surface area (Å²) in [6.45, 7) is 0. The van der Waals surface area contributed by atoms with Crippen molar-refractivity contribution in [2.24, 2.45) is 10.2 Å². The molecule has 9 nitrogen and oxygen atoms in total. The van der Waals surface area contributed by atoms with Crippen molar-refractivity contribution in [2.45, 2.75) is 4.90 Å². The molecular formula is C16H10N2Na2O7S2. The van der Waals surface area contributed by atoms with Gasteiger partial charge in [0.05, 0.1) is 10.6 Å². The van der Waals surface area contributed by atoms with Crippen LogP contribution in [0, 0.1) is 6.07 Å². The van der Waals surface area contributed by atoms with Gasteiger partial charge in [-0.15, -0.1) is 23.1 Å². The van der Waals surface area contributed by atoms with Gasteiger partial charge in [-0.1, -0.05) is 29.7 Å². The van der Waals surface area contributed by atoms with Crippen LogP contribution in [-0.4, -0.2) is 30.7 Å². The van der Waals surface area contributed by atoms with Crippen LogP contribution in [-0.2, 0) is 20.7 Å². The normalized spacial score (nSPS) is 10.4. The Bertz CT molecular complexity index is 1210. The molecule has 0 aromatic heterocycles. The van der Waals surface area contributed by atoms with Gasteiger partial charge in [-0.3, -0.25) is 0 Å². The predicted octanol–water partition coefficient (Wildman–Crippen LogP) is -3.33. The van der Waals surface area contributed by atoms with Gasteiger partial charge in [0.1, 0.15) is 15.8 Å². The molecule has 0 heterocycles. The third-order valence-electron chi connectivity index (χ3n) is 3.19. The molecule has 0 amide bonds. The molecule has 3 rings (SSSR count). The molecule has 0 spiro atoms. The molecule has 140 valence electrons. The first kappa shape index (κ1) is 27.8. The maximum atomic E-state index is 11.3. The number of azo groups is 1. The van der Waals surface area contributed by atoms with E-state index in [9.17, 15) is 18.1 Å². The smallest absolute Gasteiger partial charge is 0.744 e. The summed E-state index contributed by atoms with van der Waals surface area (Å²) < 4.78 is 59.3. The van der Waals surface area contributed by atoms with E-state index in [2.05, 4.69) is 16.3 Å². The van der Waals surface area contributed by atoms with Crippen LogP contribution < -0.4 is 59.1 Å². The van der Waals surface area contributed by atoms with Crippen molar-refractivity contribution < 1.29 is 89.8 Å². The maximum absolute atomic E-state index is 11.3. The summed E-state index contributed by atoms with van der Waals surface area (Å²) in [5.41, 5.74) is 0.452. The monoisotopic (exact) mass is 452 g/mol. The number of aromatic hydroxyl groups is 1. The minimum absolute atomic E-state index is 0. The third-order valence-corrected chi connectivity index (χ3v) is 4.04. The first-order valence-electron chi connectivity index (χ1n) is 7.05. The molecule has 0 aliphatic carbocycles. The minimum Gasteiger partial charge on any atom is -0.744 e. The summed E-state index contributed by atoms with van der Waals surface area (Å²) in [6, 6.07) is 17.3. The molecule has 0 radical (unpaired) electrons. The van der Waals surface area contributed by atoms with E-state index >= 15 is 0 Å². The molecule has 0 saturated heterocycles. The minimum atomic E-state index is -4.85. The molecule has 29 heavy (non-hydrogen) atoms. The summed E-state index contributed by atoms with van der Waals surface area (Å²) >= 11 is 0. The van der Waals surface area contributed by atoms with E-state index in [4.69, 9.17) is 12.6 Å². The Hall–Kier alpha value is -1.15. The average Bonchev–Trinajstić information content (AvgIpc) is 2.60. The molecule has 0 atom stereocenters. The van der Waals surface area contributed by atoms with Crippen molar-refractivity contribution in [1.29, 1.82) is 0 Å². The van der Waals surface area contributed by atoms with Gasteiger partial charge in [0.15, 0.2) is 5.75 Å². The van der Waals surface area contributed by atoms with Crippen LogP contribution in [0.15, 0.2) is 69.7 Å². The van der Waals surface area contributed by atoms with Crippen LogP contribution in [0.2, 0.25) is 0 Å². The summed E-state index contributed by atoms with van der Waals surface area (Å²) in [6.07, 6.45) is 0. The number of phenolic OH excluding ortho intramolecular Hbond substituents is 1. The molecule has 1 N–H and O–H groups in total. The predicted molar refractivity (Wildman–Crippen MR) is 92.7 cm³/mol. The van der Waals surface area contributed by atoms with Crippen LogP contribution >= 0.6 is 0 Å². The van der Waals surface area contributed by atoms with E-state index < -0.39 is 31.4 Å². The summed E-state index contributed by atoms with van der Waals surface area (Å²) in [7, 11) is -7.96. The number of benzene rings is 3. The van der Waals surface area contributed by atoms with E-state index in [1.165, 1.54) is 6.07 Å². The SMILES string of the molecule is O=S(=O)([O-])c1cc2c[c-]ccc2c(N=Nc2ccccc2)c1O.O=S(=O)=O.[Na+].[Na+]. The van der Waals surface area contributed by atoms with Gasteiger partial charge in [-0.05, 0) is 12.1 Å². The topological polar surface area (TPSA) is 153 Å². The van der Waals surface area contributed by atoms with Crippen molar-refractivity contribution >= 4 is 42.9 Å². The molecule has 0 fully saturated rings. The van der Waals surface area contributed by atoms with Crippen molar-refractivity contribution in [3.63, 3.8) is 0 Å². The first-order valence-corrected chi connectivity index (χ1v) is 9.46. The Balaban J connectivity index is 0.00000120. The molecule has 0 saturated carbocycles. The number of hydrogen-bond acceptors (Lipinski definition) is 9. The zero-order valence-corrected chi connectivity index (χ0v) is 20.9. The van der Waals surface area contributed by atoms with E-state index in [0.717, 1.165) is 6.07 Å². The molecule has 0 bridgehead atoms. The van der Waals surface area contributed by atoms with Crippen LogP contribution in [0.1, 0.15) is 0 Å². The van der Waals surface area contributed by atoms with Crippen molar-refractivity contribution in [3.8, 4) is 5.75 Å². The fourth-order valence-electron chi connectivity index (χ4n) is 2.13. The summed E-state index contributed by atoms with van der Waals surface area (Å²) in [4.78, 5) is -0.730. The number of fused-ring (bicyclic) bond motifs is 1. The van der Waals surface area contributed by atoms with Crippen molar-refractivity contribution in [2.75, 3.05) is 0 Å². The van der Waals surface area contributed by atoms with Gasteiger partial charge in [-0.25, -0.2) is 8.42 Å². The second kappa shape index (κ2) is 12.5. The van der Waals surface area contributed by atoms with Crippen LogP contribution in [0.3, 0.4) is 0 Å². The Kier molecular flexibility index (Phi) is 12.0. The van der Waals surface area contributed by atoms with E-state index in [1.54, 1.807) is 36.4 Å². The fraction of sp³-hybridized carbons (Fsp3) is 0. The van der Waals surface area contributed by atoms with Gasteiger partial charge in [0.2, 0.25) is 0 Å². The molecular weight excluding hydrogens is 442 g/mol. The Morgan fingerprint density at radius 3 is 2.14 bits per heavy atom. The van der Waals surface area contributed by atoms with Gasteiger partial charge in [0, 0.05) is 0 Å². The van der Waals surface area contributed by atoms with Crippen LogP contribution in [0.25, 0.3) is 10.8 Å². The Morgan fingerprint density at radius 2 is 1.59 bits per heavy atom. The third kappa shape index (κ3) is 8.24. The maximum Gasteiger partial charge on any atom is 1.00 e. The number of nitrogens with zero attached hydrogens (tertiary/aromatic N) is 2. The van der Waals surface area contributed by atoms with Gasteiger partial charge in [-0.2, -0.15) is 29.4 Å². The first-order chi connectivity index (χ1) is 12.7. The standard InChI is InChI=1S/C16H11N2O4S.2Na.O3S/c19-16-14(23(20,21)22)10-11-6-4-5-9-13(11)15(16)18-17-12-7-2-1-3-8-12;;;1-4(2)3/h1-3,5-10,19H,(H,20,21,22);;;/q-1;2*+1;/p-1. The largest absolute Gasteiger partial charge is 1.00 e. The zero-order chi connectivity index (χ0) is 20.0. The molecule has 3 aromatic carbocycles. The molecule has 0 aliphatic rings. The quantitative estimate of drug-likeness (QED) is 0.189. The Labute approximate surface area is 212 Å². The van der Waals surface area contributed by atoms with Gasteiger partial charge in [0.25, 0.3) is 0 Å². The zero-order valence-electron chi connectivity index (χ0n) is 15.3.